The van der Waals surface area contributed by atoms with Crippen LogP contribution in [0, 0.1) is 12.7 Å². The van der Waals surface area contributed by atoms with E-state index in [-0.39, 0.29) is 11.6 Å². The predicted octanol–water partition coefficient (Wildman–Crippen LogP) is 5.19. The first kappa shape index (κ1) is 16.0. The predicted molar refractivity (Wildman–Crippen MR) is 87.4 cm³/mol. The molecule has 1 N–H and O–H groups in total. The minimum Gasteiger partial charge on any atom is -0.454 e. The SMILES string of the molecule is CCCNCc1cc(C)ccc1Oc1cc(Br)ccc1F. The molecule has 0 heterocycles. The van der Waals surface area contributed by atoms with Gasteiger partial charge in [0.2, 0.25) is 0 Å². The summed E-state index contributed by atoms with van der Waals surface area (Å²) >= 11 is 3.33. The summed E-state index contributed by atoms with van der Waals surface area (Å²) in [6.45, 7) is 5.81. The highest BCUT2D eigenvalue weighted by molar-refractivity contribution is 9.10. The van der Waals surface area contributed by atoms with Crippen molar-refractivity contribution >= 4 is 15.9 Å². The van der Waals surface area contributed by atoms with Crippen LogP contribution in [0.5, 0.6) is 11.5 Å². The molecule has 0 aliphatic rings. The van der Waals surface area contributed by atoms with E-state index in [0.29, 0.717) is 12.3 Å². The van der Waals surface area contributed by atoms with Gasteiger partial charge in [-0.15, -0.1) is 0 Å². The van der Waals surface area contributed by atoms with E-state index in [1.54, 1.807) is 12.1 Å². The zero-order valence-electron chi connectivity index (χ0n) is 12.2. The Labute approximate surface area is 133 Å². The van der Waals surface area contributed by atoms with Crippen molar-refractivity contribution in [3.63, 3.8) is 0 Å². The van der Waals surface area contributed by atoms with E-state index < -0.39 is 0 Å². The van der Waals surface area contributed by atoms with Crippen molar-refractivity contribution in [2.45, 2.75) is 26.8 Å². The summed E-state index contributed by atoms with van der Waals surface area (Å²) in [4.78, 5) is 0. The van der Waals surface area contributed by atoms with Crippen LogP contribution in [0.1, 0.15) is 24.5 Å². The van der Waals surface area contributed by atoms with Crippen LogP contribution < -0.4 is 10.1 Å². The second kappa shape index (κ2) is 7.57. The van der Waals surface area contributed by atoms with Crippen molar-refractivity contribution in [3.8, 4) is 11.5 Å². The number of hydrogen-bond acceptors (Lipinski definition) is 2. The molecular weight excluding hydrogens is 333 g/mol. The molecule has 21 heavy (non-hydrogen) atoms. The minimum absolute atomic E-state index is 0.227. The first-order valence-corrected chi connectivity index (χ1v) is 7.82. The first-order chi connectivity index (χ1) is 10.1. The summed E-state index contributed by atoms with van der Waals surface area (Å²) < 4.78 is 20.4. The van der Waals surface area contributed by atoms with Gasteiger partial charge in [0.1, 0.15) is 5.75 Å². The normalized spacial score (nSPS) is 10.7. The molecule has 0 saturated carbocycles. The quantitative estimate of drug-likeness (QED) is 0.723. The largest absolute Gasteiger partial charge is 0.454 e. The molecule has 2 nitrogen and oxygen atoms in total. The molecule has 0 aliphatic carbocycles. The van der Waals surface area contributed by atoms with E-state index >= 15 is 0 Å². The molecule has 2 aromatic carbocycles. The molecule has 112 valence electrons. The molecule has 4 heteroatoms. The number of hydrogen-bond donors (Lipinski definition) is 1. The summed E-state index contributed by atoms with van der Waals surface area (Å²) in [7, 11) is 0. The van der Waals surface area contributed by atoms with E-state index in [2.05, 4.69) is 34.2 Å². The van der Waals surface area contributed by atoms with Crippen LogP contribution in [0.25, 0.3) is 0 Å². The van der Waals surface area contributed by atoms with Gasteiger partial charge in [0.05, 0.1) is 0 Å². The molecule has 2 aromatic rings. The number of halogens is 2. The summed E-state index contributed by atoms with van der Waals surface area (Å²) in [5.74, 6) is 0.539. The minimum atomic E-state index is -0.369. The van der Waals surface area contributed by atoms with Crippen LogP contribution in [0.2, 0.25) is 0 Å². The fourth-order valence-corrected chi connectivity index (χ4v) is 2.36. The Morgan fingerprint density at radius 3 is 2.71 bits per heavy atom. The van der Waals surface area contributed by atoms with Crippen LogP contribution in [0.4, 0.5) is 4.39 Å². The Balaban J connectivity index is 2.24. The second-order valence-corrected chi connectivity index (χ2v) is 5.88. The first-order valence-electron chi connectivity index (χ1n) is 7.03. The molecule has 0 aliphatic heterocycles. The van der Waals surface area contributed by atoms with Crippen LogP contribution in [0.3, 0.4) is 0 Å². The van der Waals surface area contributed by atoms with Gasteiger partial charge in [0.25, 0.3) is 0 Å². The molecule has 0 aromatic heterocycles. The molecular formula is C17H19BrFNO. The fourth-order valence-electron chi connectivity index (χ4n) is 2.02. The third-order valence-corrected chi connectivity index (χ3v) is 3.56. The zero-order valence-corrected chi connectivity index (χ0v) is 13.8. The maximum absolute atomic E-state index is 13.8. The molecule has 0 radical (unpaired) electrons. The Morgan fingerprint density at radius 2 is 1.95 bits per heavy atom. The maximum Gasteiger partial charge on any atom is 0.165 e. The Bertz CT molecular complexity index is 616. The number of nitrogens with one attached hydrogen (secondary N) is 1. The summed E-state index contributed by atoms with van der Waals surface area (Å²) in [6.07, 6.45) is 1.07. The van der Waals surface area contributed by atoms with E-state index in [1.165, 1.54) is 6.07 Å². The van der Waals surface area contributed by atoms with Gasteiger partial charge in [-0.25, -0.2) is 4.39 Å². The van der Waals surface area contributed by atoms with Crippen molar-refractivity contribution < 1.29 is 9.13 Å². The van der Waals surface area contributed by atoms with Gasteiger partial charge in [-0.3, -0.25) is 0 Å². The average Bonchev–Trinajstić information content (AvgIpc) is 2.46. The number of benzene rings is 2. The molecule has 0 fully saturated rings. The van der Waals surface area contributed by atoms with Crippen molar-refractivity contribution in [3.05, 3.63) is 57.8 Å². The third-order valence-electron chi connectivity index (χ3n) is 3.07. The maximum atomic E-state index is 13.8. The summed E-state index contributed by atoms with van der Waals surface area (Å²) in [5.41, 5.74) is 2.19. The fraction of sp³-hybridized carbons (Fsp3) is 0.294. The Morgan fingerprint density at radius 1 is 1.14 bits per heavy atom. The molecule has 0 unspecified atom stereocenters. The number of ether oxygens (including phenoxy) is 1. The second-order valence-electron chi connectivity index (χ2n) is 4.96. The van der Waals surface area contributed by atoms with Gasteiger partial charge in [-0.05, 0) is 44.2 Å². The van der Waals surface area contributed by atoms with Gasteiger partial charge < -0.3 is 10.1 Å². The molecule has 0 saturated heterocycles. The van der Waals surface area contributed by atoms with Crippen molar-refractivity contribution in [2.75, 3.05) is 6.54 Å². The van der Waals surface area contributed by atoms with Crippen LogP contribution in [0.15, 0.2) is 40.9 Å². The van der Waals surface area contributed by atoms with Crippen LogP contribution in [-0.4, -0.2) is 6.54 Å². The lowest BCUT2D eigenvalue weighted by Gasteiger charge is -2.13. The molecule has 0 spiro atoms. The summed E-state index contributed by atoms with van der Waals surface area (Å²) in [5, 5.41) is 3.35. The average molecular weight is 352 g/mol. The lowest BCUT2D eigenvalue weighted by molar-refractivity contribution is 0.435. The van der Waals surface area contributed by atoms with E-state index in [4.69, 9.17) is 4.74 Å². The standard InChI is InChI=1S/C17H19BrFNO/c1-3-8-20-11-13-9-12(2)4-7-16(13)21-17-10-14(18)5-6-15(17)19/h4-7,9-10,20H,3,8,11H2,1-2H3. The zero-order chi connectivity index (χ0) is 15.2. The Hall–Kier alpha value is -1.39. The van der Waals surface area contributed by atoms with E-state index in [9.17, 15) is 4.39 Å². The summed E-state index contributed by atoms with van der Waals surface area (Å²) in [6, 6.07) is 10.6. The lowest BCUT2D eigenvalue weighted by atomic mass is 10.1. The van der Waals surface area contributed by atoms with Gasteiger partial charge in [-0.1, -0.05) is 40.5 Å². The number of rotatable bonds is 6. The van der Waals surface area contributed by atoms with Gasteiger partial charge in [-0.2, -0.15) is 0 Å². The van der Waals surface area contributed by atoms with E-state index in [1.807, 2.05) is 19.1 Å². The molecule has 0 bridgehead atoms. The number of aryl methyl sites for hydroxylation is 1. The molecule has 0 atom stereocenters. The van der Waals surface area contributed by atoms with Gasteiger partial charge in [0.15, 0.2) is 11.6 Å². The van der Waals surface area contributed by atoms with Gasteiger partial charge in [0, 0.05) is 16.6 Å². The van der Waals surface area contributed by atoms with Crippen LogP contribution >= 0.6 is 15.9 Å². The molecule has 2 rings (SSSR count). The smallest absolute Gasteiger partial charge is 0.165 e. The van der Waals surface area contributed by atoms with Crippen molar-refractivity contribution in [1.29, 1.82) is 0 Å². The van der Waals surface area contributed by atoms with Crippen molar-refractivity contribution in [2.24, 2.45) is 0 Å². The van der Waals surface area contributed by atoms with Crippen molar-refractivity contribution in [1.82, 2.24) is 5.32 Å². The topological polar surface area (TPSA) is 21.3 Å². The highest BCUT2D eigenvalue weighted by Gasteiger charge is 2.09. The highest BCUT2D eigenvalue weighted by atomic mass is 79.9. The van der Waals surface area contributed by atoms with Gasteiger partial charge >= 0.3 is 0 Å². The lowest BCUT2D eigenvalue weighted by Crippen LogP contribution is -2.14. The molecule has 0 amide bonds. The van der Waals surface area contributed by atoms with Crippen LogP contribution in [-0.2, 0) is 6.54 Å². The monoisotopic (exact) mass is 351 g/mol. The third kappa shape index (κ3) is 4.55. The highest BCUT2D eigenvalue weighted by Crippen LogP contribution is 2.30. The van der Waals surface area contributed by atoms with E-state index in [0.717, 1.165) is 28.6 Å². The Kier molecular flexibility index (Phi) is 5.76.